The molecule has 0 bridgehead atoms. The molecule has 3 nitrogen and oxygen atoms in total. The third-order valence-corrected chi connectivity index (χ3v) is 2.88. The summed E-state index contributed by atoms with van der Waals surface area (Å²) in [5.41, 5.74) is -0.113. The predicted molar refractivity (Wildman–Crippen MR) is 75.1 cm³/mol. The highest BCUT2D eigenvalue weighted by atomic mass is 19.4. The van der Waals surface area contributed by atoms with E-state index < -0.39 is 11.7 Å². The molecule has 0 aliphatic carbocycles. The van der Waals surface area contributed by atoms with E-state index in [-0.39, 0.29) is 6.42 Å². The number of hydrogen-bond acceptors (Lipinski definition) is 3. The van der Waals surface area contributed by atoms with E-state index in [4.69, 9.17) is 0 Å². The number of aromatic nitrogens is 2. The topological polar surface area (TPSA) is 37.8 Å². The van der Waals surface area contributed by atoms with Gasteiger partial charge in [0.15, 0.2) is 0 Å². The zero-order valence-corrected chi connectivity index (χ0v) is 11.6. The summed E-state index contributed by atoms with van der Waals surface area (Å²) in [7, 11) is 0. The summed E-state index contributed by atoms with van der Waals surface area (Å²) in [5.74, 6) is 1.18. The lowest BCUT2D eigenvalue weighted by molar-refractivity contribution is -0.137. The van der Waals surface area contributed by atoms with Crippen molar-refractivity contribution < 1.29 is 13.2 Å². The lowest BCUT2D eigenvalue weighted by atomic mass is 10.1. The van der Waals surface area contributed by atoms with Crippen molar-refractivity contribution in [2.75, 3.05) is 11.9 Å². The van der Waals surface area contributed by atoms with E-state index >= 15 is 0 Å². The molecule has 1 N–H and O–H groups in total. The molecule has 0 saturated carbocycles. The number of benzene rings is 1. The van der Waals surface area contributed by atoms with Gasteiger partial charge in [-0.3, -0.25) is 0 Å². The first-order valence-electron chi connectivity index (χ1n) is 6.71. The third kappa shape index (κ3) is 4.44. The fraction of sp³-hybridized carbons (Fsp3) is 0.333. The largest absolute Gasteiger partial charge is 0.416 e. The summed E-state index contributed by atoms with van der Waals surface area (Å²) in [6.07, 6.45) is -1.49. The van der Waals surface area contributed by atoms with Gasteiger partial charge in [0.2, 0.25) is 0 Å². The first-order chi connectivity index (χ1) is 9.99. The Labute approximate surface area is 121 Å². The number of nitrogens with zero attached hydrogens (tertiary/aromatic N) is 2. The fourth-order valence-corrected chi connectivity index (χ4v) is 1.88. The van der Waals surface area contributed by atoms with E-state index in [0.717, 1.165) is 25.1 Å². The molecule has 1 aromatic heterocycles. The van der Waals surface area contributed by atoms with Gasteiger partial charge in [0.25, 0.3) is 0 Å². The second-order valence-corrected chi connectivity index (χ2v) is 4.66. The average Bonchev–Trinajstić information content (AvgIpc) is 2.45. The van der Waals surface area contributed by atoms with Crippen molar-refractivity contribution >= 4 is 5.82 Å². The number of anilines is 1. The van der Waals surface area contributed by atoms with Crippen LogP contribution in [0.25, 0.3) is 0 Å². The number of hydrogen-bond donors (Lipinski definition) is 1. The molecule has 0 unspecified atom stereocenters. The van der Waals surface area contributed by atoms with Gasteiger partial charge in [0, 0.05) is 19.2 Å². The van der Waals surface area contributed by atoms with E-state index in [1.54, 1.807) is 18.3 Å². The number of halogens is 3. The second kappa shape index (κ2) is 6.56. The number of rotatable bonds is 5. The van der Waals surface area contributed by atoms with Crippen molar-refractivity contribution in [3.63, 3.8) is 0 Å². The third-order valence-electron chi connectivity index (χ3n) is 2.88. The van der Waals surface area contributed by atoms with Gasteiger partial charge in [0.05, 0.1) is 5.56 Å². The van der Waals surface area contributed by atoms with Gasteiger partial charge in [-0.15, -0.1) is 0 Å². The molecule has 21 heavy (non-hydrogen) atoms. The Balaban J connectivity index is 2.14. The van der Waals surface area contributed by atoms with E-state index in [9.17, 15) is 13.2 Å². The van der Waals surface area contributed by atoms with Crippen molar-refractivity contribution in [3.8, 4) is 0 Å². The van der Waals surface area contributed by atoms with E-state index in [0.29, 0.717) is 17.2 Å². The Hall–Kier alpha value is -2.11. The van der Waals surface area contributed by atoms with E-state index in [2.05, 4.69) is 15.3 Å². The minimum atomic E-state index is -4.33. The highest BCUT2D eigenvalue weighted by Crippen LogP contribution is 2.29. The minimum absolute atomic E-state index is 0.269. The van der Waals surface area contributed by atoms with Crippen molar-refractivity contribution in [1.29, 1.82) is 0 Å². The van der Waals surface area contributed by atoms with Crippen LogP contribution in [0.2, 0.25) is 0 Å². The van der Waals surface area contributed by atoms with Crippen LogP contribution in [0.5, 0.6) is 0 Å². The van der Waals surface area contributed by atoms with Crippen molar-refractivity contribution in [2.24, 2.45) is 0 Å². The SMILES string of the molecule is CCCNc1ccnc(Cc2cccc(C(F)(F)F)c2)n1. The summed E-state index contributed by atoms with van der Waals surface area (Å²) in [5, 5.41) is 3.13. The molecule has 0 aliphatic rings. The van der Waals surface area contributed by atoms with E-state index in [1.807, 2.05) is 6.92 Å². The Bertz CT molecular complexity index is 597. The molecule has 0 spiro atoms. The highest BCUT2D eigenvalue weighted by molar-refractivity contribution is 5.34. The number of nitrogens with one attached hydrogen (secondary N) is 1. The maximum Gasteiger partial charge on any atom is 0.416 e. The van der Waals surface area contributed by atoms with Crippen LogP contribution in [0, 0.1) is 0 Å². The molecule has 0 saturated heterocycles. The normalized spacial score (nSPS) is 11.4. The van der Waals surface area contributed by atoms with E-state index in [1.165, 1.54) is 6.07 Å². The van der Waals surface area contributed by atoms with Crippen molar-refractivity contribution in [1.82, 2.24) is 9.97 Å². The molecule has 1 aromatic carbocycles. The highest BCUT2D eigenvalue weighted by Gasteiger charge is 2.30. The zero-order chi connectivity index (χ0) is 15.3. The molecular formula is C15H16F3N3. The van der Waals surface area contributed by atoms with Crippen LogP contribution in [0.1, 0.15) is 30.3 Å². The molecule has 2 rings (SSSR count). The van der Waals surface area contributed by atoms with Gasteiger partial charge in [-0.05, 0) is 24.1 Å². The van der Waals surface area contributed by atoms with Crippen LogP contribution in [-0.4, -0.2) is 16.5 Å². The summed E-state index contributed by atoms with van der Waals surface area (Å²) < 4.78 is 38.0. The summed E-state index contributed by atoms with van der Waals surface area (Å²) >= 11 is 0. The Morgan fingerprint density at radius 3 is 2.71 bits per heavy atom. The molecule has 0 radical (unpaired) electrons. The van der Waals surface area contributed by atoms with Crippen molar-refractivity contribution in [3.05, 3.63) is 53.5 Å². The zero-order valence-electron chi connectivity index (χ0n) is 11.6. The van der Waals surface area contributed by atoms with Gasteiger partial charge in [-0.1, -0.05) is 25.1 Å². The molecule has 0 atom stereocenters. The molecule has 1 heterocycles. The first-order valence-corrected chi connectivity index (χ1v) is 6.71. The second-order valence-electron chi connectivity index (χ2n) is 4.66. The molecule has 0 fully saturated rings. The van der Waals surface area contributed by atoms with Crippen LogP contribution < -0.4 is 5.32 Å². The van der Waals surface area contributed by atoms with Crippen LogP contribution in [0.15, 0.2) is 36.5 Å². The Morgan fingerprint density at radius 2 is 2.00 bits per heavy atom. The van der Waals surface area contributed by atoms with Crippen LogP contribution in [0.4, 0.5) is 19.0 Å². The monoisotopic (exact) mass is 295 g/mol. The van der Waals surface area contributed by atoms with Gasteiger partial charge in [0.1, 0.15) is 11.6 Å². The predicted octanol–water partition coefficient (Wildman–Crippen LogP) is 3.91. The van der Waals surface area contributed by atoms with Crippen LogP contribution in [0.3, 0.4) is 0 Å². The average molecular weight is 295 g/mol. The minimum Gasteiger partial charge on any atom is -0.370 e. The Kier molecular flexibility index (Phi) is 4.77. The smallest absolute Gasteiger partial charge is 0.370 e. The standard InChI is InChI=1S/C15H16F3N3/c1-2-7-19-13-6-8-20-14(21-13)10-11-4-3-5-12(9-11)15(16,17)18/h3-6,8-9H,2,7,10H2,1H3,(H,19,20,21). The Morgan fingerprint density at radius 1 is 1.19 bits per heavy atom. The van der Waals surface area contributed by atoms with Crippen LogP contribution >= 0.6 is 0 Å². The van der Waals surface area contributed by atoms with Crippen LogP contribution in [-0.2, 0) is 12.6 Å². The maximum atomic E-state index is 12.7. The van der Waals surface area contributed by atoms with Gasteiger partial charge < -0.3 is 5.32 Å². The molecule has 2 aromatic rings. The number of alkyl halides is 3. The van der Waals surface area contributed by atoms with Gasteiger partial charge in [-0.2, -0.15) is 13.2 Å². The molecule has 0 amide bonds. The van der Waals surface area contributed by atoms with Gasteiger partial charge >= 0.3 is 6.18 Å². The quantitative estimate of drug-likeness (QED) is 0.909. The lowest BCUT2D eigenvalue weighted by Gasteiger charge is -2.09. The first kappa shape index (κ1) is 15.3. The summed E-state index contributed by atoms with van der Waals surface area (Å²) in [6, 6.07) is 6.98. The molecule has 112 valence electrons. The van der Waals surface area contributed by atoms with Gasteiger partial charge in [-0.25, -0.2) is 9.97 Å². The molecule has 6 heteroatoms. The molecular weight excluding hydrogens is 279 g/mol. The maximum absolute atomic E-state index is 12.7. The summed E-state index contributed by atoms with van der Waals surface area (Å²) in [4.78, 5) is 8.40. The fourth-order valence-electron chi connectivity index (χ4n) is 1.88. The molecule has 0 aliphatic heterocycles. The lowest BCUT2D eigenvalue weighted by Crippen LogP contribution is -2.07. The summed E-state index contributed by atoms with van der Waals surface area (Å²) in [6.45, 7) is 2.83. The van der Waals surface area contributed by atoms with Crippen molar-refractivity contribution in [2.45, 2.75) is 25.9 Å².